The van der Waals surface area contributed by atoms with Gasteiger partial charge in [-0.05, 0) is 31.3 Å². The van der Waals surface area contributed by atoms with Gasteiger partial charge in [0.1, 0.15) is 18.1 Å². The molecule has 174 valence electrons. The van der Waals surface area contributed by atoms with Gasteiger partial charge < -0.3 is 31.8 Å². The molecule has 0 saturated heterocycles. The summed E-state index contributed by atoms with van der Waals surface area (Å²) in [6, 6.07) is -3.86. The van der Waals surface area contributed by atoms with Crippen molar-refractivity contribution in [2.45, 2.75) is 57.8 Å². The number of hydrogen-bond acceptors (Lipinski definition) is 7. The van der Waals surface area contributed by atoms with Gasteiger partial charge in [-0.25, -0.2) is 9.78 Å². The number of carbonyl (C=O) groups is 4. The molecule has 0 bridgehead atoms. The van der Waals surface area contributed by atoms with Crippen LogP contribution in [0.2, 0.25) is 0 Å². The molecule has 12 heteroatoms. The molecule has 1 aromatic rings. The van der Waals surface area contributed by atoms with Crippen LogP contribution < -0.4 is 21.7 Å². The van der Waals surface area contributed by atoms with Crippen LogP contribution in [-0.4, -0.2) is 74.9 Å². The summed E-state index contributed by atoms with van der Waals surface area (Å²) in [6.07, 6.45) is 5.45. The number of nitrogens with one attached hydrogen (secondary N) is 4. The highest BCUT2D eigenvalue weighted by molar-refractivity contribution is 7.98. The number of amides is 3. The van der Waals surface area contributed by atoms with E-state index >= 15 is 0 Å². The number of aromatic nitrogens is 2. The summed E-state index contributed by atoms with van der Waals surface area (Å²) >= 11 is 1.56. The van der Waals surface area contributed by atoms with E-state index in [2.05, 4.69) is 25.9 Å². The van der Waals surface area contributed by atoms with Crippen molar-refractivity contribution in [2.75, 3.05) is 12.0 Å². The molecule has 7 N–H and O–H groups in total. The average Bonchev–Trinajstić information content (AvgIpc) is 3.21. The second kappa shape index (κ2) is 13.0. The van der Waals surface area contributed by atoms with E-state index in [1.54, 1.807) is 25.6 Å². The molecule has 0 aliphatic carbocycles. The number of carbonyl (C=O) groups excluding carboxylic acids is 3. The number of rotatable bonds is 13. The van der Waals surface area contributed by atoms with Crippen molar-refractivity contribution in [3.05, 3.63) is 18.2 Å². The van der Waals surface area contributed by atoms with Crippen LogP contribution in [0.3, 0.4) is 0 Å². The quantitative estimate of drug-likeness (QED) is 0.224. The third kappa shape index (κ3) is 8.97. The summed E-state index contributed by atoms with van der Waals surface area (Å²) < 4.78 is 0. The first-order valence-electron chi connectivity index (χ1n) is 9.92. The topological polar surface area (TPSA) is 179 Å². The van der Waals surface area contributed by atoms with Gasteiger partial charge in [-0.3, -0.25) is 14.4 Å². The van der Waals surface area contributed by atoms with E-state index < -0.39 is 47.9 Å². The number of imidazole rings is 1. The summed E-state index contributed by atoms with van der Waals surface area (Å²) in [4.78, 5) is 55.6. The molecule has 4 unspecified atom stereocenters. The Morgan fingerprint density at radius 2 is 1.81 bits per heavy atom. The number of hydrogen-bond donors (Lipinski definition) is 6. The highest BCUT2D eigenvalue weighted by Crippen LogP contribution is 2.05. The van der Waals surface area contributed by atoms with Gasteiger partial charge in [0.2, 0.25) is 17.7 Å². The number of aliphatic carboxylic acids is 1. The molecule has 1 aromatic heterocycles. The van der Waals surface area contributed by atoms with Crippen LogP contribution in [0.25, 0.3) is 0 Å². The largest absolute Gasteiger partial charge is 0.480 e. The Kier molecular flexibility index (Phi) is 11.0. The van der Waals surface area contributed by atoms with E-state index in [4.69, 9.17) is 5.73 Å². The first-order chi connectivity index (χ1) is 14.6. The number of nitrogens with two attached hydrogens (primary N) is 1. The van der Waals surface area contributed by atoms with Crippen LogP contribution in [0.15, 0.2) is 12.5 Å². The van der Waals surface area contributed by atoms with Gasteiger partial charge in [-0.1, -0.05) is 13.8 Å². The Morgan fingerprint density at radius 1 is 1.13 bits per heavy atom. The average molecular weight is 457 g/mol. The molecule has 31 heavy (non-hydrogen) atoms. The molecular weight excluding hydrogens is 424 g/mol. The minimum absolute atomic E-state index is 0.116. The smallest absolute Gasteiger partial charge is 0.326 e. The Balaban J connectivity index is 2.82. The summed E-state index contributed by atoms with van der Waals surface area (Å²) in [7, 11) is 0. The zero-order valence-electron chi connectivity index (χ0n) is 18.2. The van der Waals surface area contributed by atoms with E-state index in [1.165, 1.54) is 19.4 Å². The number of carboxylic acid groups (broad SMARTS) is 1. The first kappa shape index (κ1) is 26.4. The highest BCUT2D eigenvalue weighted by atomic mass is 32.2. The van der Waals surface area contributed by atoms with Gasteiger partial charge in [0, 0.05) is 18.3 Å². The minimum Gasteiger partial charge on any atom is -0.480 e. The number of carboxylic acids is 1. The van der Waals surface area contributed by atoms with Gasteiger partial charge in [0.25, 0.3) is 0 Å². The molecule has 0 spiro atoms. The van der Waals surface area contributed by atoms with Crippen LogP contribution in [0.5, 0.6) is 0 Å². The fourth-order valence-corrected chi connectivity index (χ4v) is 3.14. The summed E-state index contributed by atoms with van der Waals surface area (Å²) in [5.74, 6) is -2.51. The number of H-pyrrole nitrogens is 1. The molecule has 3 amide bonds. The van der Waals surface area contributed by atoms with Crippen molar-refractivity contribution in [1.82, 2.24) is 25.9 Å². The van der Waals surface area contributed by atoms with E-state index in [9.17, 15) is 24.3 Å². The lowest BCUT2D eigenvalue weighted by Crippen LogP contribution is -2.57. The first-order valence-corrected chi connectivity index (χ1v) is 11.3. The highest BCUT2D eigenvalue weighted by Gasteiger charge is 2.29. The van der Waals surface area contributed by atoms with E-state index in [0.29, 0.717) is 17.9 Å². The third-order valence-corrected chi connectivity index (χ3v) is 5.21. The Morgan fingerprint density at radius 3 is 2.32 bits per heavy atom. The Hall–Kier alpha value is -2.60. The second-order valence-corrected chi connectivity index (χ2v) is 8.51. The van der Waals surface area contributed by atoms with Gasteiger partial charge in [0.05, 0.1) is 12.4 Å². The lowest BCUT2D eigenvalue weighted by Gasteiger charge is -2.24. The maximum absolute atomic E-state index is 12.8. The molecule has 0 aliphatic heterocycles. The van der Waals surface area contributed by atoms with Gasteiger partial charge >= 0.3 is 5.97 Å². The molecule has 0 aromatic carbocycles. The van der Waals surface area contributed by atoms with E-state index in [1.807, 2.05) is 6.26 Å². The van der Waals surface area contributed by atoms with E-state index in [-0.39, 0.29) is 12.3 Å². The summed E-state index contributed by atoms with van der Waals surface area (Å²) in [6.45, 7) is 4.77. The van der Waals surface area contributed by atoms with Gasteiger partial charge in [-0.2, -0.15) is 11.8 Å². The van der Waals surface area contributed by atoms with Crippen LogP contribution in [0.4, 0.5) is 0 Å². The number of aromatic amines is 1. The maximum Gasteiger partial charge on any atom is 0.326 e. The van der Waals surface area contributed by atoms with Gasteiger partial charge in [-0.15, -0.1) is 0 Å². The summed E-state index contributed by atoms with van der Waals surface area (Å²) in [5.41, 5.74) is 6.50. The third-order valence-electron chi connectivity index (χ3n) is 4.56. The zero-order chi connectivity index (χ0) is 23.6. The molecule has 0 aliphatic rings. The van der Waals surface area contributed by atoms with Crippen LogP contribution in [-0.2, 0) is 25.6 Å². The molecule has 0 saturated carbocycles. The Bertz CT molecular complexity index is 742. The maximum atomic E-state index is 12.8. The second-order valence-electron chi connectivity index (χ2n) is 7.53. The van der Waals surface area contributed by atoms with Crippen molar-refractivity contribution in [3.8, 4) is 0 Å². The predicted molar refractivity (Wildman–Crippen MR) is 117 cm³/mol. The zero-order valence-corrected chi connectivity index (χ0v) is 19.0. The van der Waals surface area contributed by atoms with Crippen molar-refractivity contribution in [3.63, 3.8) is 0 Å². The van der Waals surface area contributed by atoms with Crippen molar-refractivity contribution in [1.29, 1.82) is 0 Å². The van der Waals surface area contributed by atoms with Crippen molar-refractivity contribution < 1.29 is 24.3 Å². The lowest BCUT2D eigenvalue weighted by molar-refractivity contribution is -0.143. The standard InChI is InChI=1S/C19H32N6O5S/c1-10(2)15(19(29)30)25-16(26)11(3)23-18(28)14(7-12-8-21-9-22-12)24-17(27)13(20)5-6-31-4/h8-11,13-15H,5-7,20H2,1-4H3,(H,21,22)(H,23,28)(H,24,27)(H,25,26)(H,29,30). The monoisotopic (exact) mass is 456 g/mol. The van der Waals surface area contributed by atoms with Gasteiger partial charge in [0.15, 0.2) is 0 Å². The van der Waals surface area contributed by atoms with Crippen LogP contribution in [0, 0.1) is 5.92 Å². The normalized spacial score (nSPS) is 14.9. The minimum atomic E-state index is -1.16. The summed E-state index contributed by atoms with van der Waals surface area (Å²) in [5, 5.41) is 16.8. The number of thioether (sulfide) groups is 1. The molecule has 1 rings (SSSR count). The molecule has 1 heterocycles. The fourth-order valence-electron chi connectivity index (χ4n) is 2.65. The van der Waals surface area contributed by atoms with E-state index in [0.717, 1.165) is 0 Å². The van der Waals surface area contributed by atoms with Crippen molar-refractivity contribution in [2.24, 2.45) is 11.7 Å². The lowest BCUT2D eigenvalue weighted by atomic mass is 10.0. The van der Waals surface area contributed by atoms with Crippen LogP contribution >= 0.6 is 11.8 Å². The molecule has 0 fully saturated rings. The fraction of sp³-hybridized carbons (Fsp3) is 0.632. The van der Waals surface area contributed by atoms with Crippen molar-refractivity contribution >= 4 is 35.5 Å². The molecule has 11 nitrogen and oxygen atoms in total. The van der Waals surface area contributed by atoms with Crippen LogP contribution in [0.1, 0.15) is 32.9 Å². The number of nitrogens with zero attached hydrogens (tertiary/aromatic N) is 1. The Labute approximate surface area is 185 Å². The molecule has 0 radical (unpaired) electrons. The predicted octanol–water partition coefficient (Wildman–Crippen LogP) is -0.752. The SMILES string of the molecule is CSCCC(N)C(=O)NC(Cc1cnc[nH]1)C(=O)NC(C)C(=O)NC(C(=O)O)C(C)C. The molecule has 4 atom stereocenters. The molecular formula is C19H32N6O5S.